The highest BCUT2D eigenvalue weighted by molar-refractivity contribution is 7.22. The quantitative estimate of drug-likeness (QED) is 0.456. The topological polar surface area (TPSA) is 59.0 Å². The van der Waals surface area contributed by atoms with Crippen molar-refractivity contribution in [1.82, 2.24) is 15.0 Å². The van der Waals surface area contributed by atoms with E-state index in [4.69, 9.17) is 11.6 Å². The number of hydrogen-bond acceptors (Lipinski definition) is 6. The first kappa shape index (κ1) is 18.0. The molecule has 0 unspecified atom stereocenters. The molecule has 0 radical (unpaired) electrons. The third-order valence-electron chi connectivity index (χ3n) is 3.98. The van der Waals surface area contributed by atoms with E-state index in [2.05, 4.69) is 15.0 Å². The molecule has 0 saturated heterocycles. The maximum atomic E-state index is 13.3. The highest BCUT2D eigenvalue weighted by Crippen LogP contribution is 2.34. The smallest absolute Gasteiger partial charge is 0.272 e. The van der Waals surface area contributed by atoms with Crippen molar-refractivity contribution in [3.05, 3.63) is 68.9 Å². The third kappa shape index (κ3) is 3.58. The van der Waals surface area contributed by atoms with Crippen LogP contribution in [0.15, 0.2) is 42.6 Å². The van der Waals surface area contributed by atoms with Gasteiger partial charge in [0.15, 0.2) is 5.13 Å². The number of aryl methyl sites for hydroxylation is 2. The predicted molar refractivity (Wildman–Crippen MR) is 111 cm³/mol. The van der Waals surface area contributed by atoms with Crippen molar-refractivity contribution in [1.29, 1.82) is 0 Å². The number of aromatic nitrogens is 3. The van der Waals surface area contributed by atoms with Crippen molar-refractivity contribution >= 4 is 55.5 Å². The molecule has 1 amide bonds. The molecule has 0 saturated carbocycles. The average molecular weight is 415 g/mol. The summed E-state index contributed by atoms with van der Waals surface area (Å²) in [5.41, 5.74) is 2.22. The van der Waals surface area contributed by atoms with Crippen molar-refractivity contribution in [2.24, 2.45) is 0 Å². The molecule has 3 heterocycles. The molecule has 5 nitrogen and oxygen atoms in total. The average Bonchev–Trinajstić information content (AvgIpc) is 3.23. The molecule has 0 aliphatic rings. The van der Waals surface area contributed by atoms with Gasteiger partial charge in [-0.15, -0.1) is 11.3 Å². The molecular weight excluding hydrogens is 400 g/mol. The van der Waals surface area contributed by atoms with Crippen LogP contribution in [0.1, 0.15) is 26.1 Å². The van der Waals surface area contributed by atoms with Gasteiger partial charge in [0.1, 0.15) is 10.4 Å². The van der Waals surface area contributed by atoms with E-state index < -0.39 is 0 Å². The summed E-state index contributed by atoms with van der Waals surface area (Å²) in [4.78, 5) is 29.0. The van der Waals surface area contributed by atoms with Gasteiger partial charge in [-0.05, 0) is 38.1 Å². The minimum Gasteiger partial charge on any atom is -0.277 e. The largest absolute Gasteiger partial charge is 0.277 e. The lowest BCUT2D eigenvalue weighted by Crippen LogP contribution is -2.30. The number of para-hydroxylation sites is 1. The molecule has 0 bridgehead atoms. The summed E-state index contributed by atoms with van der Waals surface area (Å²) >= 11 is 9.12. The van der Waals surface area contributed by atoms with Gasteiger partial charge < -0.3 is 0 Å². The Bertz CT molecular complexity index is 1120. The number of carbonyl (C=O) groups excluding carboxylic acids is 1. The minimum atomic E-state index is -0.126. The maximum absolute atomic E-state index is 13.3. The summed E-state index contributed by atoms with van der Waals surface area (Å²) in [6.45, 7) is 4.08. The molecule has 8 heteroatoms. The van der Waals surface area contributed by atoms with Crippen LogP contribution in [0.2, 0.25) is 5.02 Å². The van der Waals surface area contributed by atoms with Gasteiger partial charge in [-0.3, -0.25) is 14.7 Å². The second kappa shape index (κ2) is 7.34. The summed E-state index contributed by atoms with van der Waals surface area (Å²) < 4.78 is 0.938. The number of rotatable bonds is 4. The van der Waals surface area contributed by atoms with Crippen LogP contribution < -0.4 is 4.90 Å². The van der Waals surface area contributed by atoms with Crippen molar-refractivity contribution < 1.29 is 4.79 Å². The molecule has 27 heavy (non-hydrogen) atoms. The lowest BCUT2D eigenvalue weighted by Gasteiger charge is -2.19. The van der Waals surface area contributed by atoms with Crippen molar-refractivity contribution in [2.75, 3.05) is 4.90 Å². The van der Waals surface area contributed by atoms with E-state index in [1.165, 1.54) is 22.7 Å². The van der Waals surface area contributed by atoms with E-state index in [0.717, 1.165) is 21.1 Å². The maximum Gasteiger partial charge on any atom is 0.272 e. The first-order valence-electron chi connectivity index (χ1n) is 8.24. The molecule has 1 aromatic carbocycles. The second-order valence-electron chi connectivity index (χ2n) is 5.94. The Morgan fingerprint density at radius 3 is 2.63 bits per heavy atom. The zero-order chi connectivity index (χ0) is 19.0. The van der Waals surface area contributed by atoms with Gasteiger partial charge in [-0.25, -0.2) is 9.97 Å². The van der Waals surface area contributed by atoms with E-state index in [-0.39, 0.29) is 5.91 Å². The number of anilines is 1. The number of pyridine rings is 1. The second-order valence-corrected chi connectivity index (χ2v) is 8.56. The zero-order valence-electron chi connectivity index (χ0n) is 14.6. The van der Waals surface area contributed by atoms with Crippen LogP contribution in [-0.4, -0.2) is 20.9 Å². The van der Waals surface area contributed by atoms with Gasteiger partial charge >= 0.3 is 0 Å². The number of nitrogens with zero attached hydrogens (tertiary/aromatic N) is 4. The molecule has 4 rings (SSSR count). The lowest BCUT2D eigenvalue weighted by atomic mass is 10.3. The third-order valence-corrected chi connectivity index (χ3v) is 6.39. The van der Waals surface area contributed by atoms with E-state index in [9.17, 15) is 4.79 Å². The number of carbonyl (C=O) groups is 1. The summed E-state index contributed by atoms with van der Waals surface area (Å²) in [5, 5.41) is 2.03. The predicted octanol–water partition coefficient (Wildman–Crippen LogP) is 5.27. The molecule has 0 N–H and O–H groups in total. The zero-order valence-corrected chi connectivity index (χ0v) is 17.0. The van der Waals surface area contributed by atoms with Crippen LogP contribution in [0, 0.1) is 13.8 Å². The highest BCUT2D eigenvalue weighted by Gasteiger charge is 2.26. The fourth-order valence-corrected chi connectivity index (χ4v) is 4.88. The minimum absolute atomic E-state index is 0.126. The normalized spacial score (nSPS) is 11.1. The van der Waals surface area contributed by atoms with Crippen molar-refractivity contribution in [3.63, 3.8) is 0 Å². The van der Waals surface area contributed by atoms with Crippen LogP contribution in [0.3, 0.4) is 0 Å². The number of benzene rings is 1. The van der Waals surface area contributed by atoms with Crippen LogP contribution in [0.5, 0.6) is 0 Å². The van der Waals surface area contributed by atoms with Crippen LogP contribution in [0.25, 0.3) is 10.2 Å². The van der Waals surface area contributed by atoms with Crippen LogP contribution >= 0.6 is 34.3 Å². The number of fused-ring (bicyclic) bond motifs is 1. The van der Waals surface area contributed by atoms with Gasteiger partial charge in [-0.2, -0.15) is 0 Å². The molecule has 4 aromatic rings. The van der Waals surface area contributed by atoms with E-state index in [1.807, 2.05) is 44.2 Å². The lowest BCUT2D eigenvalue weighted by molar-refractivity contribution is 0.0988. The first-order valence-corrected chi connectivity index (χ1v) is 10.2. The Balaban J connectivity index is 1.80. The molecule has 0 fully saturated rings. The Morgan fingerprint density at radius 2 is 1.96 bits per heavy atom. The van der Waals surface area contributed by atoms with Crippen LogP contribution in [0.4, 0.5) is 5.13 Å². The van der Waals surface area contributed by atoms with Gasteiger partial charge in [0, 0.05) is 6.20 Å². The summed E-state index contributed by atoms with van der Waals surface area (Å²) in [6, 6.07) is 11.3. The van der Waals surface area contributed by atoms with Crippen molar-refractivity contribution in [2.45, 2.75) is 20.4 Å². The summed E-state index contributed by atoms with van der Waals surface area (Å²) in [6.07, 6.45) is 1.72. The molecule has 0 atom stereocenters. The van der Waals surface area contributed by atoms with E-state index >= 15 is 0 Å². The number of thiazole rings is 2. The summed E-state index contributed by atoms with van der Waals surface area (Å²) in [5.74, 6) is -0.126. The van der Waals surface area contributed by atoms with Gasteiger partial charge in [0.2, 0.25) is 0 Å². The molecule has 0 aliphatic carbocycles. The number of amides is 1. The monoisotopic (exact) mass is 414 g/mol. The molecule has 3 aromatic heterocycles. The Morgan fingerprint density at radius 1 is 1.11 bits per heavy atom. The van der Waals surface area contributed by atoms with Gasteiger partial charge in [0.05, 0.1) is 32.7 Å². The molecular formula is C19H15ClN4OS2. The fourth-order valence-electron chi connectivity index (χ4n) is 2.75. The molecule has 0 spiro atoms. The Hall–Kier alpha value is -2.35. The number of halogens is 1. The first-order chi connectivity index (χ1) is 13.0. The van der Waals surface area contributed by atoms with E-state index in [0.29, 0.717) is 27.1 Å². The number of hydrogen-bond donors (Lipinski definition) is 0. The molecule has 0 aliphatic heterocycles. The van der Waals surface area contributed by atoms with Gasteiger partial charge in [-0.1, -0.05) is 35.1 Å². The standard InChI is InChI=1S/C19H15ClN4OS2/c1-11-17(26-12(2)22-11)18(25)24(10-13-6-3-4-9-21-13)19-23-16-14(20)7-5-8-15(16)27-19/h3-9H,10H2,1-2H3. The fraction of sp³-hybridized carbons (Fsp3) is 0.158. The van der Waals surface area contributed by atoms with Gasteiger partial charge in [0.25, 0.3) is 5.91 Å². The SMILES string of the molecule is Cc1nc(C)c(C(=O)N(Cc2ccccn2)c2nc3c(Cl)cccc3s2)s1. The van der Waals surface area contributed by atoms with Crippen molar-refractivity contribution in [3.8, 4) is 0 Å². The van der Waals surface area contributed by atoms with Crippen LogP contribution in [-0.2, 0) is 6.54 Å². The Labute approximate surface area is 169 Å². The Kier molecular flexibility index (Phi) is 4.90. The highest BCUT2D eigenvalue weighted by atomic mass is 35.5. The molecule has 136 valence electrons. The van der Waals surface area contributed by atoms with E-state index in [1.54, 1.807) is 17.2 Å². The summed E-state index contributed by atoms with van der Waals surface area (Å²) in [7, 11) is 0.